The molecule has 1 unspecified atom stereocenters. The fourth-order valence-corrected chi connectivity index (χ4v) is 2.29. The summed E-state index contributed by atoms with van der Waals surface area (Å²) in [5.74, 6) is -1.60. The third kappa shape index (κ3) is 3.39. The van der Waals surface area contributed by atoms with Crippen molar-refractivity contribution in [2.24, 2.45) is 0 Å². The molecule has 0 heterocycles. The van der Waals surface area contributed by atoms with Gasteiger partial charge in [-0.25, -0.2) is 8.78 Å². The van der Waals surface area contributed by atoms with E-state index in [0.29, 0.717) is 12.1 Å². The van der Waals surface area contributed by atoms with Crippen LogP contribution in [-0.4, -0.2) is 0 Å². The van der Waals surface area contributed by atoms with E-state index in [1.807, 2.05) is 31.2 Å². The first-order valence-corrected chi connectivity index (χ1v) is 6.79. The molecular formula is C15H14BrF2N. The molecule has 0 aliphatic rings. The molecule has 19 heavy (non-hydrogen) atoms. The van der Waals surface area contributed by atoms with Crippen molar-refractivity contribution < 1.29 is 8.78 Å². The second-order valence-corrected chi connectivity index (χ2v) is 5.19. The van der Waals surface area contributed by atoms with Gasteiger partial charge in [-0.1, -0.05) is 46.3 Å². The van der Waals surface area contributed by atoms with Crippen LogP contribution in [0, 0.1) is 11.6 Å². The Hall–Kier alpha value is -1.26. The van der Waals surface area contributed by atoms with Crippen molar-refractivity contribution in [2.45, 2.75) is 19.5 Å². The zero-order valence-electron chi connectivity index (χ0n) is 10.5. The molecule has 1 N–H and O–H groups in total. The molecule has 2 aromatic carbocycles. The lowest BCUT2D eigenvalue weighted by molar-refractivity contribution is 0.472. The summed E-state index contributed by atoms with van der Waals surface area (Å²) in [6, 6.07) is 11.8. The van der Waals surface area contributed by atoms with E-state index < -0.39 is 11.6 Å². The van der Waals surface area contributed by atoms with Gasteiger partial charge in [-0.15, -0.1) is 0 Å². The van der Waals surface area contributed by atoms with Gasteiger partial charge < -0.3 is 5.32 Å². The molecule has 0 aromatic heterocycles. The average molecular weight is 326 g/mol. The SMILES string of the molecule is CC(NCc1ccccc1Br)c1cccc(F)c1F. The lowest BCUT2D eigenvalue weighted by atomic mass is 10.1. The molecule has 100 valence electrons. The Balaban J connectivity index is 2.08. The monoisotopic (exact) mass is 325 g/mol. The van der Waals surface area contributed by atoms with Crippen molar-refractivity contribution in [3.8, 4) is 0 Å². The highest BCUT2D eigenvalue weighted by Crippen LogP contribution is 2.21. The van der Waals surface area contributed by atoms with Crippen LogP contribution in [0.5, 0.6) is 0 Å². The maximum atomic E-state index is 13.6. The smallest absolute Gasteiger partial charge is 0.163 e. The molecule has 0 spiro atoms. The van der Waals surface area contributed by atoms with Crippen molar-refractivity contribution in [3.63, 3.8) is 0 Å². The predicted molar refractivity (Wildman–Crippen MR) is 75.8 cm³/mol. The van der Waals surface area contributed by atoms with Crippen molar-refractivity contribution in [3.05, 3.63) is 69.7 Å². The van der Waals surface area contributed by atoms with E-state index in [1.165, 1.54) is 6.07 Å². The molecule has 0 radical (unpaired) electrons. The maximum Gasteiger partial charge on any atom is 0.163 e. The molecule has 0 aliphatic heterocycles. The Morgan fingerprint density at radius 2 is 1.84 bits per heavy atom. The van der Waals surface area contributed by atoms with Gasteiger partial charge in [0.05, 0.1) is 0 Å². The Labute approximate surface area is 119 Å². The normalized spacial score (nSPS) is 12.4. The third-order valence-corrected chi connectivity index (χ3v) is 3.78. The van der Waals surface area contributed by atoms with Crippen molar-refractivity contribution >= 4 is 15.9 Å². The second kappa shape index (κ2) is 6.26. The number of rotatable bonds is 4. The molecule has 1 nitrogen and oxygen atoms in total. The Kier molecular flexibility index (Phi) is 4.66. The third-order valence-electron chi connectivity index (χ3n) is 3.00. The number of hydrogen-bond donors (Lipinski definition) is 1. The van der Waals surface area contributed by atoms with Crippen LogP contribution in [0.2, 0.25) is 0 Å². The van der Waals surface area contributed by atoms with Crippen LogP contribution in [0.25, 0.3) is 0 Å². The minimum absolute atomic E-state index is 0.261. The van der Waals surface area contributed by atoms with Crippen LogP contribution in [0.1, 0.15) is 24.1 Å². The predicted octanol–water partition coefficient (Wildman–Crippen LogP) is 4.58. The van der Waals surface area contributed by atoms with Gasteiger partial charge in [0.25, 0.3) is 0 Å². The molecule has 0 saturated heterocycles. The first-order valence-electron chi connectivity index (χ1n) is 6.00. The van der Waals surface area contributed by atoms with Crippen LogP contribution in [0.3, 0.4) is 0 Å². The summed E-state index contributed by atoms with van der Waals surface area (Å²) in [6.45, 7) is 2.40. The second-order valence-electron chi connectivity index (χ2n) is 4.34. The highest BCUT2D eigenvalue weighted by Gasteiger charge is 2.13. The van der Waals surface area contributed by atoms with E-state index in [-0.39, 0.29) is 6.04 Å². The van der Waals surface area contributed by atoms with Crippen LogP contribution >= 0.6 is 15.9 Å². The van der Waals surface area contributed by atoms with Crippen molar-refractivity contribution in [1.82, 2.24) is 5.32 Å². The molecule has 0 bridgehead atoms. The Morgan fingerprint density at radius 3 is 2.58 bits per heavy atom. The topological polar surface area (TPSA) is 12.0 Å². The van der Waals surface area contributed by atoms with E-state index in [0.717, 1.165) is 16.1 Å². The molecule has 4 heteroatoms. The quantitative estimate of drug-likeness (QED) is 0.867. The minimum atomic E-state index is -0.813. The number of halogens is 3. The van der Waals surface area contributed by atoms with E-state index in [2.05, 4.69) is 21.2 Å². The lowest BCUT2D eigenvalue weighted by Gasteiger charge is -2.16. The maximum absolute atomic E-state index is 13.6. The van der Waals surface area contributed by atoms with Gasteiger partial charge in [-0.3, -0.25) is 0 Å². The average Bonchev–Trinajstić information content (AvgIpc) is 2.40. The highest BCUT2D eigenvalue weighted by molar-refractivity contribution is 9.10. The standard InChI is InChI=1S/C15H14BrF2N/c1-10(12-6-4-8-14(17)15(12)18)19-9-11-5-2-3-7-13(11)16/h2-8,10,19H,9H2,1H3. The van der Waals surface area contributed by atoms with E-state index in [1.54, 1.807) is 6.07 Å². The van der Waals surface area contributed by atoms with Crippen LogP contribution < -0.4 is 5.32 Å². The number of benzene rings is 2. The number of hydrogen-bond acceptors (Lipinski definition) is 1. The largest absolute Gasteiger partial charge is 0.306 e. The molecular weight excluding hydrogens is 312 g/mol. The van der Waals surface area contributed by atoms with Crippen molar-refractivity contribution in [1.29, 1.82) is 0 Å². The molecule has 0 aliphatic carbocycles. The van der Waals surface area contributed by atoms with Gasteiger partial charge >= 0.3 is 0 Å². The van der Waals surface area contributed by atoms with E-state index in [4.69, 9.17) is 0 Å². The molecule has 0 saturated carbocycles. The molecule has 2 aromatic rings. The molecule has 2 rings (SSSR count). The lowest BCUT2D eigenvalue weighted by Crippen LogP contribution is -2.19. The Bertz CT molecular complexity index is 572. The summed E-state index contributed by atoms with van der Waals surface area (Å²) in [4.78, 5) is 0. The van der Waals surface area contributed by atoms with Crippen molar-refractivity contribution in [2.75, 3.05) is 0 Å². The first kappa shape index (κ1) is 14.2. The molecule has 0 fully saturated rings. The minimum Gasteiger partial charge on any atom is -0.306 e. The zero-order valence-corrected chi connectivity index (χ0v) is 12.0. The number of nitrogens with one attached hydrogen (secondary N) is 1. The Morgan fingerprint density at radius 1 is 1.11 bits per heavy atom. The summed E-state index contributed by atoms with van der Waals surface area (Å²) >= 11 is 3.45. The highest BCUT2D eigenvalue weighted by atomic mass is 79.9. The first-order chi connectivity index (χ1) is 9.09. The van der Waals surface area contributed by atoms with Gasteiger partial charge in [-0.05, 0) is 24.6 Å². The van der Waals surface area contributed by atoms with Gasteiger partial charge in [0.2, 0.25) is 0 Å². The van der Waals surface area contributed by atoms with Gasteiger partial charge in [0, 0.05) is 22.6 Å². The van der Waals surface area contributed by atoms with Gasteiger partial charge in [0.15, 0.2) is 11.6 Å². The summed E-state index contributed by atoms with van der Waals surface area (Å²) in [5, 5.41) is 3.19. The summed E-state index contributed by atoms with van der Waals surface area (Å²) in [6.07, 6.45) is 0. The fraction of sp³-hybridized carbons (Fsp3) is 0.200. The van der Waals surface area contributed by atoms with E-state index >= 15 is 0 Å². The summed E-state index contributed by atoms with van der Waals surface area (Å²) in [7, 11) is 0. The van der Waals surface area contributed by atoms with Gasteiger partial charge in [0.1, 0.15) is 0 Å². The molecule has 0 amide bonds. The van der Waals surface area contributed by atoms with Crippen LogP contribution in [0.4, 0.5) is 8.78 Å². The van der Waals surface area contributed by atoms with Crippen LogP contribution in [0.15, 0.2) is 46.9 Å². The van der Waals surface area contributed by atoms with Gasteiger partial charge in [-0.2, -0.15) is 0 Å². The van der Waals surface area contributed by atoms with Crippen LogP contribution in [-0.2, 0) is 6.54 Å². The summed E-state index contributed by atoms with van der Waals surface area (Å²) in [5.41, 5.74) is 1.42. The van der Waals surface area contributed by atoms with E-state index in [9.17, 15) is 8.78 Å². The summed E-state index contributed by atoms with van der Waals surface area (Å²) < 4.78 is 27.8. The zero-order chi connectivity index (χ0) is 13.8. The molecule has 1 atom stereocenters. The fourth-order valence-electron chi connectivity index (χ4n) is 1.87.